The molecule has 0 saturated heterocycles. The number of carboxylic acids is 1. The lowest BCUT2D eigenvalue weighted by Crippen LogP contribution is -2.11. The molecule has 0 radical (unpaired) electrons. The Bertz CT molecular complexity index is 592. The highest BCUT2D eigenvalue weighted by molar-refractivity contribution is 7.99. The molecule has 8 heteroatoms. The Kier molecular flexibility index (Phi) is 4.78. The molecule has 0 aromatic carbocycles. The first-order valence-electron chi connectivity index (χ1n) is 6.34. The van der Waals surface area contributed by atoms with Crippen molar-refractivity contribution in [2.45, 2.75) is 31.5 Å². The van der Waals surface area contributed by atoms with Crippen LogP contribution in [0.2, 0.25) is 0 Å². The quantitative estimate of drug-likeness (QED) is 0.772. The van der Waals surface area contributed by atoms with E-state index in [4.69, 9.17) is 5.11 Å². The summed E-state index contributed by atoms with van der Waals surface area (Å²) in [5.41, 5.74) is 0. The number of carbonyl (C=O) groups is 1. The van der Waals surface area contributed by atoms with E-state index in [9.17, 15) is 4.79 Å². The van der Waals surface area contributed by atoms with Crippen LogP contribution in [0, 0.1) is 0 Å². The van der Waals surface area contributed by atoms with Crippen LogP contribution < -0.4 is 0 Å². The number of thioether (sulfide) groups is 1. The van der Waals surface area contributed by atoms with E-state index in [1.54, 1.807) is 6.20 Å². The van der Waals surface area contributed by atoms with Crippen molar-refractivity contribution in [2.75, 3.05) is 5.75 Å². The second-order valence-corrected chi connectivity index (χ2v) is 5.31. The van der Waals surface area contributed by atoms with E-state index in [-0.39, 0.29) is 5.75 Å². The maximum absolute atomic E-state index is 10.7. The van der Waals surface area contributed by atoms with Crippen molar-refractivity contribution in [1.29, 1.82) is 0 Å². The molecule has 0 aliphatic rings. The number of nitrogens with zero attached hydrogens (tertiary/aromatic N) is 5. The fourth-order valence-corrected chi connectivity index (χ4v) is 2.49. The van der Waals surface area contributed by atoms with Crippen LogP contribution in [0.4, 0.5) is 0 Å². The summed E-state index contributed by atoms with van der Waals surface area (Å²) in [4.78, 5) is 15.0. The lowest BCUT2D eigenvalue weighted by molar-refractivity contribution is -0.133. The molecule has 2 aromatic heterocycles. The third-order valence-corrected chi connectivity index (χ3v) is 3.76. The Morgan fingerprint density at radius 1 is 1.40 bits per heavy atom. The van der Waals surface area contributed by atoms with Gasteiger partial charge in [-0.25, -0.2) is 4.98 Å². The second-order valence-electron chi connectivity index (χ2n) is 4.37. The number of rotatable bonds is 7. The van der Waals surface area contributed by atoms with Crippen molar-refractivity contribution in [3.05, 3.63) is 24.0 Å². The zero-order chi connectivity index (χ0) is 14.5. The van der Waals surface area contributed by atoms with Gasteiger partial charge in [0, 0.05) is 25.9 Å². The van der Waals surface area contributed by atoms with Crippen LogP contribution in [0.5, 0.6) is 0 Å². The predicted molar refractivity (Wildman–Crippen MR) is 74.7 cm³/mol. The molecule has 0 unspecified atom stereocenters. The van der Waals surface area contributed by atoms with Crippen LogP contribution >= 0.6 is 11.8 Å². The Hall–Kier alpha value is -1.83. The van der Waals surface area contributed by atoms with Crippen LogP contribution in [0.3, 0.4) is 0 Å². The van der Waals surface area contributed by atoms with Gasteiger partial charge in [-0.1, -0.05) is 18.7 Å². The molecule has 7 nitrogen and oxygen atoms in total. The lowest BCUT2D eigenvalue weighted by atomic mass is 10.3. The van der Waals surface area contributed by atoms with Crippen LogP contribution in [0.25, 0.3) is 0 Å². The monoisotopic (exact) mass is 295 g/mol. The van der Waals surface area contributed by atoms with Gasteiger partial charge in [-0.15, -0.1) is 10.2 Å². The maximum Gasteiger partial charge on any atom is 0.313 e. The fourth-order valence-electron chi connectivity index (χ4n) is 1.81. The number of hydrogen-bond donors (Lipinski definition) is 1. The first-order valence-corrected chi connectivity index (χ1v) is 7.33. The highest BCUT2D eigenvalue weighted by atomic mass is 32.2. The molecule has 20 heavy (non-hydrogen) atoms. The van der Waals surface area contributed by atoms with Crippen molar-refractivity contribution in [2.24, 2.45) is 7.05 Å². The van der Waals surface area contributed by atoms with E-state index in [1.165, 1.54) is 11.8 Å². The van der Waals surface area contributed by atoms with Gasteiger partial charge in [-0.05, 0) is 6.42 Å². The third kappa shape index (κ3) is 3.38. The molecule has 0 aliphatic carbocycles. The average molecular weight is 295 g/mol. The van der Waals surface area contributed by atoms with Gasteiger partial charge < -0.3 is 9.67 Å². The van der Waals surface area contributed by atoms with Gasteiger partial charge in [-0.3, -0.25) is 9.36 Å². The molecule has 2 rings (SSSR count). The number of aliphatic carboxylic acids is 1. The largest absolute Gasteiger partial charge is 0.481 e. The van der Waals surface area contributed by atoms with E-state index in [1.807, 2.05) is 22.4 Å². The zero-order valence-electron chi connectivity index (χ0n) is 11.5. The summed E-state index contributed by atoms with van der Waals surface area (Å²) in [6.45, 7) is 2.62. The van der Waals surface area contributed by atoms with E-state index in [0.29, 0.717) is 11.7 Å². The van der Waals surface area contributed by atoms with Crippen molar-refractivity contribution in [3.63, 3.8) is 0 Å². The summed E-state index contributed by atoms with van der Waals surface area (Å²) >= 11 is 1.18. The smallest absolute Gasteiger partial charge is 0.313 e. The Balaban J connectivity index is 2.24. The van der Waals surface area contributed by atoms with Gasteiger partial charge in [0.2, 0.25) is 0 Å². The number of aryl methyl sites for hydroxylation is 2. The molecule has 2 heterocycles. The van der Waals surface area contributed by atoms with Crippen LogP contribution in [-0.4, -0.2) is 41.1 Å². The van der Waals surface area contributed by atoms with Crippen molar-refractivity contribution in [3.8, 4) is 0 Å². The van der Waals surface area contributed by atoms with Gasteiger partial charge in [0.1, 0.15) is 11.6 Å². The molecule has 0 atom stereocenters. The summed E-state index contributed by atoms with van der Waals surface area (Å²) in [6.07, 6.45) is 5.39. The minimum Gasteiger partial charge on any atom is -0.481 e. The summed E-state index contributed by atoms with van der Waals surface area (Å²) in [5, 5.41) is 17.7. The van der Waals surface area contributed by atoms with Gasteiger partial charge >= 0.3 is 5.97 Å². The summed E-state index contributed by atoms with van der Waals surface area (Å²) < 4.78 is 3.88. The van der Waals surface area contributed by atoms with E-state index >= 15 is 0 Å². The van der Waals surface area contributed by atoms with E-state index in [2.05, 4.69) is 22.1 Å². The van der Waals surface area contributed by atoms with Crippen molar-refractivity contribution >= 4 is 17.7 Å². The first kappa shape index (κ1) is 14.6. The zero-order valence-corrected chi connectivity index (χ0v) is 12.3. The minimum atomic E-state index is -0.862. The fraction of sp³-hybridized carbons (Fsp3) is 0.500. The summed E-state index contributed by atoms with van der Waals surface area (Å²) in [5.74, 6) is 0.867. The normalized spacial score (nSPS) is 10.9. The van der Waals surface area contributed by atoms with Gasteiger partial charge in [0.05, 0.1) is 12.3 Å². The SMILES string of the molecule is CCCc1nnc(SCC(=O)O)n1Cc1nccn1C. The maximum atomic E-state index is 10.7. The molecule has 1 N–H and O–H groups in total. The van der Waals surface area contributed by atoms with Gasteiger partial charge in [-0.2, -0.15) is 0 Å². The number of carboxylic acid groups (broad SMARTS) is 1. The molecule has 0 bridgehead atoms. The summed E-state index contributed by atoms with van der Waals surface area (Å²) in [6, 6.07) is 0. The molecule has 0 fully saturated rings. The molecule has 0 spiro atoms. The topological polar surface area (TPSA) is 85.8 Å². The second kappa shape index (κ2) is 6.56. The number of hydrogen-bond acceptors (Lipinski definition) is 5. The minimum absolute atomic E-state index is 0.0230. The number of aromatic nitrogens is 5. The highest BCUT2D eigenvalue weighted by Crippen LogP contribution is 2.19. The molecule has 0 amide bonds. The first-order chi connectivity index (χ1) is 9.61. The predicted octanol–water partition coefficient (Wildman–Crippen LogP) is 1.19. The Labute approximate surface area is 121 Å². The lowest BCUT2D eigenvalue weighted by Gasteiger charge is -2.09. The van der Waals surface area contributed by atoms with Crippen LogP contribution in [0.15, 0.2) is 17.6 Å². The van der Waals surface area contributed by atoms with E-state index < -0.39 is 5.97 Å². The molecule has 2 aromatic rings. The molecule has 0 saturated carbocycles. The summed E-state index contributed by atoms with van der Waals surface area (Å²) in [7, 11) is 1.93. The van der Waals surface area contributed by atoms with Crippen molar-refractivity contribution < 1.29 is 9.90 Å². The Morgan fingerprint density at radius 2 is 2.20 bits per heavy atom. The third-order valence-electron chi connectivity index (χ3n) is 2.81. The Morgan fingerprint density at radius 3 is 2.80 bits per heavy atom. The van der Waals surface area contributed by atoms with Crippen molar-refractivity contribution in [1.82, 2.24) is 24.3 Å². The van der Waals surface area contributed by atoms with Crippen LogP contribution in [-0.2, 0) is 24.8 Å². The highest BCUT2D eigenvalue weighted by Gasteiger charge is 2.15. The standard InChI is InChI=1S/C12H17N5O2S/c1-3-4-9-14-15-12(20-8-11(18)19)17(9)7-10-13-5-6-16(10)2/h5-6H,3-4,7-8H2,1-2H3,(H,18,19). The average Bonchev–Trinajstić information content (AvgIpc) is 2.97. The van der Waals surface area contributed by atoms with Gasteiger partial charge in [0.25, 0.3) is 0 Å². The van der Waals surface area contributed by atoms with Gasteiger partial charge in [0.15, 0.2) is 5.16 Å². The van der Waals surface area contributed by atoms with Crippen LogP contribution in [0.1, 0.15) is 25.0 Å². The number of imidazole rings is 1. The molecule has 0 aliphatic heterocycles. The molecule has 108 valence electrons. The molecular weight excluding hydrogens is 278 g/mol. The molecular formula is C12H17N5O2S. The van der Waals surface area contributed by atoms with E-state index in [0.717, 1.165) is 24.5 Å².